The number of benzene rings is 7. The van der Waals surface area contributed by atoms with E-state index in [1.54, 1.807) is 11.1 Å². The van der Waals surface area contributed by atoms with Gasteiger partial charge in [-0.1, -0.05) is 155 Å². The molecule has 2 unspecified atom stereocenters. The zero-order chi connectivity index (χ0) is 40.3. The minimum absolute atomic E-state index is 0.108. The molecule has 2 atom stereocenters. The molecular formula is C56H48N2OS. The fourth-order valence-electron chi connectivity index (χ4n) is 11.6. The Balaban J connectivity index is 0.953. The summed E-state index contributed by atoms with van der Waals surface area (Å²) >= 11 is 1.83. The van der Waals surface area contributed by atoms with Crippen LogP contribution in [0.15, 0.2) is 150 Å². The molecule has 0 bridgehead atoms. The number of rotatable bonds is 6. The zero-order valence-electron chi connectivity index (χ0n) is 34.4. The highest BCUT2D eigenvalue weighted by Gasteiger charge is 2.46. The number of nitrogens with one attached hydrogen (secondary N) is 1. The molecule has 2 heterocycles. The van der Waals surface area contributed by atoms with Crippen molar-refractivity contribution in [2.75, 3.05) is 5.32 Å². The van der Waals surface area contributed by atoms with E-state index in [1.165, 1.54) is 102 Å². The van der Waals surface area contributed by atoms with Gasteiger partial charge in [0.1, 0.15) is 11.7 Å². The molecular weight excluding hydrogens is 749 g/mol. The molecule has 7 aromatic carbocycles. The quantitative estimate of drug-likeness (QED) is 0.165. The molecule has 3 aliphatic carbocycles. The molecule has 9 aromatic rings. The lowest BCUT2D eigenvalue weighted by molar-refractivity contribution is 0.353. The van der Waals surface area contributed by atoms with Crippen molar-refractivity contribution in [3.63, 3.8) is 0 Å². The van der Waals surface area contributed by atoms with Crippen LogP contribution in [-0.4, -0.2) is 0 Å². The normalized spacial score (nSPS) is 16.8. The largest absolute Gasteiger partial charge is 0.440 e. The van der Waals surface area contributed by atoms with Crippen LogP contribution in [0.2, 0.25) is 0 Å². The van der Waals surface area contributed by atoms with Crippen molar-refractivity contribution in [3.8, 4) is 33.4 Å². The molecule has 294 valence electrons. The molecule has 0 radical (unpaired) electrons. The van der Waals surface area contributed by atoms with Gasteiger partial charge in [0, 0.05) is 53.4 Å². The smallest absolute Gasteiger partial charge is 0.199 e. The highest BCUT2D eigenvalue weighted by Crippen LogP contribution is 2.61. The molecule has 3 N–H and O–H groups in total. The summed E-state index contributed by atoms with van der Waals surface area (Å²) in [6, 6.07) is 54.1. The van der Waals surface area contributed by atoms with Crippen molar-refractivity contribution in [3.05, 3.63) is 185 Å². The predicted octanol–water partition coefficient (Wildman–Crippen LogP) is 15.2. The summed E-state index contributed by atoms with van der Waals surface area (Å²) in [5.41, 5.74) is 25.7. The first-order chi connectivity index (χ1) is 29.3. The van der Waals surface area contributed by atoms with Gasteiger partial charge in [-0.3, -0.25) is 0 Å². The van der Waals surface area contributed by atoms with Crippen LogP contribution in [-0.2, 0) is 10.8 Å². The minimum Gasteiger partial charge on any atom is -0.440 e. The maximum atomic E-state index is 7.15. The van der Waals surface area contributed by atoms with E-state index >= 15 is 0 Å². The average Bonchev–Trinajstić information content (AvgIpc) is 3.99. The fourth-order valence-corrected chi connectivity index (χ4v) is 12.9. The van der Waals surface area contributed by atoms with Gasteiger partial charge in [-0.05, 0) is 104 Å². The Morgan fingerprint density at radius 1 is 0.617 bits per heavy atom. The molecule has 0 amide bonds. The van der Waals surface area contributed by atoms with E-state index in [2.05, 4.69) is 160 Å². The monoisotopic (exact) mass is 796 g/mol. The summed E-state index contributed by atoms with van der Waals surface area (Å²) in [7, 11) is 0. The molecule has 4 heteroatoms. The maximum absolute atomic E-state index is 7.15. The van der Waals surface area contributed by atoms with Crippen molar-refractivity contribution in [2.24, 2.45) is 5.73 Å². The van der Waals surface area contributed by atoms with Gasteiger partial charge in [0.2, 0.25) is 0 Å². The second-order valence-corrected chi connectivity index (χ2v) is 19.2. The molecule has 1 spiro atoms. The molecule has 2 aromatic heterocycles. The first kappa shape index (κ1) is 36.0. The standard InChI is InChI=1S/C56H48N2OS/c1-33(34-16-6-4-7-17-34)50-39-19-9-11-25-48(39)59-54(50)58-53(57)40-22-14-21-38-42-30-35(26-27-49(42)60-52(38)40)36-20-15-24-45-51(36)43-32-47-41(31-46(43)55(45,2)3)37-18-8-10-23-44(37)56(47)28-12-5-13-29-56/h4,6-11,14-27,30-33,53,58H,5,12-13,28-29,57H2,1-3H3. The van der Waals surface area contributed by atoms with Gasteiger partial charge in [0.15, 0.2) is 5.88 Å². The summed E-state index contributed by atoms with van der Waals surface area (Å²) < 4.78 is 9.00. The topological polar surface area (TPSA) is 51.2 Å². The van der Waals surface area contributed by atoms with Crippen LogP contribution in [0.25, 0.3) is 64.5 Å². The second-order valence-electron chi connectivity index (χ2n) is 18.1. The SMILES string of the molecule is CC(c1ccccc1)c1c(NC(N)c2cccc3c2sc2ccc(-c4cccc5c4-c4cc6c(cc4C5(C)C)-c4ccccc4C64CCCCC4)cc23)oc2ccccc12. The molecule has 0 aliphatic heterocycles. The first-order valence-corrected chi connectivity index (χ1v) is 22.6. The van der Waals surface area contributed by atoms with Crippen molar-refractivity contribution < 1.29 is 4.42 Å². The molecule has 12 rings (SSSR count). The van der Waals surface area contributed by atoms with Crippen molar-refractivity contribution in [1.82, 2.24) is 0 Å². The van der Waals surface area contributed by atoms with Crippen LogP contribution in [0.1, 0.15) is 104 Å². The lowest BCUT2D eigenvalue weighted by Gasteiger charge is -2.36. The van der Waals surface area contributed by atoms with Gasteiger partial charge in [-0.25, -0.2) is 0 Å². The molecule has 3 aliphatic rings. The van der Waals surface area contributed by atoms with Gasteiger partial charge < -0.3 is 15.5 Å². The Bertz CT molecular complexity index is 3180. The number of para-hydroxylation sites is 1. The second kappa shape index (κ2) is 13.3. The van der Waals surface area contributed by atoms with Crippen LogP contribution in [0.5, 0.6) is 0 Å². The fraction of sp³-hybridized carbons (Fsp3) is 0.214. The third-order valence-electron chi connectivity index (χ3n) is 14.6. The van der Waals surface area contributed by atoms with E-state index in [0.717, 1.165) is 28.0 Å². The van der Waals surface area contributed by atoms with Gasteiger partial charge in [0.05, 0.1) is 0 Å². The average molecular weight is 797 g/mol. The van der Waals surface area contributed by atoms with E-state index in [1.807, 2.05) is 23.5 Å². The number of furan rings is 1. The lowest BCUT2D eigenvalue weighted by Crippen LogP contribution is -2.28. The van der Waals surface area contributed by atoms with E-state index in [9.17, 15) is 0 Å². The van der Waals surface area contributed by atoms with Crippen LogP contribution in [0.4, 0.5) is 5.88 Å². The van der Waals surface area contributed by atoms with E-state index in [0.29, 0.717) is 0 Å². The Hall–Kier alpha value is -5.94. The summed E-state index contributed by atoms with van der Waals surface area (Å²) in [5, 5.41) is 7.26. The van der Waals surface area contributed by atoms with Crippen molar-refractivity contribution in [1.29, 1.82) is 0 Å². The van der Waals surface area contributed by atoms with E-state index in [-0.39, 0.29) is 16.7 Å². The lowest BCUT2D eigenvalue weighted by atomic mass is 9.67. The molecule has 60 heavy (non-hydrogen) atoms. The van der Waals surface area contributed by atoms with Gasteiger partial charge in [0.25, 0.3) is 0 Å². The Kier molecular flexibility index (Phi) is 7.96. The highest BCUT2D eigenvalue weighted by atomic mass is 32.1. The third-order valence-corrected chi connectivity index (χ3v) is 15.9. The van der Waals surface area contributed by atoms with E-state index < -0.39 is 6.17 Å². The number of anilines is 1. The summed E-state index contributed by atoms with van der Waals surface area (Å²) in [4.78, 5) is 0. The third kappa shape index (κ3) is 5.10. The molecule has 0 saturated heterocycles. The summed E-state index contributed by atoms with van der Waals surface area (Å²) in [5.74, 6) is 0.844. The van der Waals surface area contributed by atoms with Crippen molar-refractivity contribution in [2.45, 2.75) is 75.8 Å². The van der Waals surface area contributed by atoms with Crippen LogP contribution >= 0.6 is 11.3 Å². The Morgan fingerprint density at radius 3 is 2.20 bits per heavy atom. The maximum Gasteiger partial charge on any atom is 0.199 e. The zero-order valence-corrected chi connectivity index (χ0v) is 35.3. The van der Waals surface area contributed by atoms with Crippen LogP contribution in [0, 0.1) is 0 Å². The number of thiophene rings is 1. The van der Waals surface area contributed by atoms with Gasteiger partial charge in [-0.15, -0.1) is 11.3 Å². The number of hydrogen-bond donors (Lipinski definition) is 2. The number of hydrogen-bond acceptors (Lipinski definition) is 4. The van der Waals surface area contributed by atoms with Gasteiger partial charge >= 0.3 is 0 Å². The highest BCUT2D eigenvalue weighted by molar-refractivity contribution is 7.26. The summed E-state index contributed by atoms with van der Waals surface area (Å²) in [6.45, 7) is 7.10. The molecule has 1 saturated carbocycles. The van der Waals surface area contributed by atoms with Crippen molar-refractivity contribution >= 4 is 48.4 Å². The first-order valence-electron chi connectivity index (χ1n) is 21.8. The number of fused-ring (bicyclic) bond motifs is 12. The Morgan fingerprint density at radius 2 is 1.33 bits per heavy atom. The molecule has 1 fully saturated rings. The summed E-state index contributed by atoms with van der Waals surface area (Å²) in [6.07, 6.45) is 5.93. The Labute approximate surface area is 355 Å². The van der Waals surface area contributed by atoms with Crippen LogP contribution in [0.3, 0.4) is 0 Å². The van der Waals surface area contributed by atoms with Crippen LogP contribution < -0.4 is 11.1 Å². The predicted molar refractivity (Wildman–Crippen MR) is 252 cm³/mol. The minimum atomic E-state index is -0.472. The van der Waals surface area contributed by atoms with E-state index in [4.69, 9.17) is 10.2 Å². The molecule has 3 nitrogen and oxygen atoms in total. The van der Waals surface area contributed by atoms with Gasteiger partial charge in [-0.2, -0.15) is 0 Å². The number of nitrogens with two attached hydrogens (primary N) is 1.